The van der Waals surface area contributed by atoms with Crippen molar-refractivity contribution in [2.24, 2.45) is 5.92 Å². The van der Waals surface area contributed by atoms with Gasteiger partial charge in [-0.05, 0) is 56.1 Å². The number of esters is 2. The summed E-state index contributed by atoms with van der Waals surface area (Å²) < 4.78 is 16.4. The molecule has 0 unspecified atom stereocenters. The molecule has 3 aliphatic rings. The highest BCUT2D eigenvalue weighted by atomic mass is 16.8. The topological polar surface area (TPSA) is 102 Å². The van der Waals surface area contributed by atoms with Crippen LogP contribution in [0.1, 0.15) is 39.1 Å². The van der Waals surface area contributed by atoms with Gasteiger partial charge in [0.1, 0.15) is 5.75 Å². The number of fused-ring (bicyclic) bond motifs is 2. The molecule has 0 saturated carbocycles. The van der Waals surface area contributed by atoms with Crippen molar-refractivity contribution in [2.45, 2.75) is 18.8 Å². The molecule has 9 heteroatoms. The van der Waals surface area contributed by atoms with Gasteiger partial charge in [0.2, 0.25) is 0 Å². The summed E-state index contributed by atoms with van der Waals surface area (Å²) in [6, 6.07) is 13.8. The highest BCUT2D eigenvalue weighted by Gasteiger charge is 2.57. The Bertz CT molecular complexity index is 1230. The van der Waals surface area contributed by atoms with Gasteiger partial charge in [0.15, 0.2) is 5.78 Å². The predicted molar refractivity (Wildman–Crippen MR) is 127 cm³/mol. The molecule has 1 saturated heterocycles. The second-order valence-corrected chi connectivity index (χ2v) is 9.09. The summed E-state index contributed by atoms with van der Waals surface area (Å²) in [7, 11) is 1.57. The lowest BCUT2D eigenvalue weighted by Gasteiger charge is -2.39. The zero-order valence-electron chi connectivity index (χ0n) is 19.8. The van der Waals surface area contributed by atoms with Crippen LogP contribution in [-0.2, 0) is 25.0 Å². The van der Waals surface area contributed by atoms with E-state index in [9.17, 15) is 19.2 Å². The largest absolute Gasteiger partial charge is 0.497 e. The molecule has 186 valence electrons. The van der Waals surface area contributed by atoms with Crippen LogP contribution in [0.4, 0.5) is 0 Å². The van der Waals surface area contributed by atoms with Gasteiger partial charge in [-0.3, -0.25) is 19.4 Å². The SMILES string of the molecule is COc1cccc(C(=O)CN2CCC(CN3C(=O)c4ccccc4C34OC(=O)C=CC(=O)O4)CC2)c1. The van der Waals surface area contributed by atoms with E-state index in [1.165, 1.54) is 4.90 Å². The van der Waals surface area contributed by atoms with Gasteiger partial charge >= 0.3 is 17.8 Å². The first-order valence-corrected chi connectivity index (χ1v) is 11.8. The third-order valence-corrected chi connectivity index (χ3v) is 6.84. The summed E-state index contributed by atoms with van der Waals surface area (Å²) in [5, 5.41) is 0. The van der Waals surface area contributed by atoms with Crippen molar-refractivity contribution in [3.63, 3.8) is 0 Å². The highest BCUT2D eigenvalue weighted by molar-refractivity contribution is 6.01. The number of Topliss-reactive ketones (excluding diaryl/α,β-unsaturated/α-hetero) is 1. The van der Waals surface area contributed by atoms with Crippen LogP contribution in [-0.4, -0.2) is 66.7 Å². The number of nitrogens with zero attached hydrogens (tertiary/aromatic N) is 2. The Morgan fingerprint density at radius 2 is 1.69 bits per heavy atom. The van der Waals surface area contributed by atoms with Gasteiger partial charge in [0.25, 0.3) is 5.91 Å². The number of hydrogen-bond acceptors (Lipinski definition) is 8. The molecule has 5 rings (SSSR count). The van der Waals surface area contributed by atoms with E-state index >= 15 is 0 Å². The lowest BCUT2D eigenvalue weighted by Crippen LogP contribution is -2.52. The summed E-state index contributed by atoms with van der Waals surface area (Å²) in [6.45, 7) is 1.87. The third-order valence-electron chi connectivity index (χ3n) is 6.84. The molecule has 0 radical (unpaired) electrons. The van der Waals surface area contributed by atoms with E-state index in [4.69, 9.17) is 14.2 Å². The van der Waals surface area contributed by atoms with Crippen molar-refractivity contribution in [1.29, 1.82) is 0 Å². The summed E-state index contributed by atoms with van der Waals surface area (Å²) in [5.41, 5.74) is 1.27. The molecule has 0 aliphatic carbocycles. The van der Waals surface area contributed by atoms with E-state index in [0.29, 0.717) is 42.1 Å². The van der Waals surface area contributed by atoms with Crippen molar-refractivity contribution in [3.8, 4) is 5.75 Å². The Hall–Kier alpha value is -3.98. The molecule has 36 heavy (non-hydrogen) atoms. The first-order chi connectivity index (χ1) is 17.4. The number of benzene rings is 2. The van der Waals surface area contributed by atoms with Crippen molar-refractivity contribution < 1.29 is 33.4 Å². The number of carbonyl (C=O) groups is 4. The van der Waals surface area contributed by atoms with Crippen LogP contribution >= 0.6 is 0 Å². The number of ketones is 1. The first kappa shape index (κ1) is 23.7. The third kappa shape index (κ3) is 4.37. The van der Waals surface area contributed by atoms with Crippen molar-refractivity contribution in [2.75, 3.05) is 33.3 Å². The standard InChI is InChI=1S/C27H26N2O7/c1-34-20-6-4-5-19(15-20)23(30)17-28-13-11-18(12-14-28)16-29-26(33)21-7-2-3-8-22(21)27(29)35-24(31)9-10-25(32)36-27/h2-10,15,18H,11-14,16-17H2,1H3. The lowest BCUT2D eigenvalue weighted by molar-refractivity contribution is -0.274. The summed E-state index contributed by atoms with van der Waals surface area (Å²) >= 11 is 0. The fraction of sp³-hybridized carbons (Fsp3) is 0.333. The number of methoxy groups -OCH3 is 1. The first-order valence-electron chi connectivity index (χ1n) is 11.8. The van der Waals surface area contributed by atoms with E-state index in [1.807, 2.05) is 0 Å². The van der Waals surface area contributed by atoms with E-state index in [2.05, 4.69) is 4.90 Å². The molecular weight excluding hydrogens is 464 g/mol. The fourth-order valence-corrected chi connectivity index (χ4v) is 4.97. The number of carbonyl (C=O) groups excluding carboxylic acids is 4. The maximum atomic E-state index is 13.3. The maximum absolute atomic E-state index is 13.3. The monoisotopic (exact) mass is 490 g/mol. The Morgan fingerprint density at radius 1 is 1.00 bits per heavy atom. The van der Waals surface area contributed by atoms with Gasteiger partial charge < -0.3 is 14.2 Å². The fourth-order valence-electron chi connectivity index (χ4n) is 4.97. The van der Waals surface area contributed by atoms with Gasteiger partial charge in [-0.15, -0.1) is 0 Å². The molecule has 2 aromatic rings. The number of ether oxygens (including phenoxy) is 3. The quantitative estimate of drug-likeness (QED) is 0.450. The van der Waals surface area contributed by atoms with Gasteiger partial charge in [-0.2, -0.15) is 0 Å². The minimum absolute atomic E-state index is 0.0150. The predicted octanol–water partition coefficient (Wildman–Crippen LogP) is 2.51. The highest BCUT2D eigenvalue weighted by Crippen LogP contribution is 2.43. The Balaban J connectivity index is 1.28. The van der Waals surface area contributed by atoms with E-state index in [0.717, 1.165) is 25.0 Å². The van der Waals surface area contributed by atoms with Crippen LogP contribution < -0.4 is 4.74 Å². The van der Waals surface area contributed by atoms with Crippen LogP contribution in [0, 0.1) is 5.92 Å². The molecule has 0 atom stereocenters. The van der Waals surface area contributed by atoms with Gasteiger partial charge in [-0.25, -0.2) is 9.59 Å². The van der Waals surface area contributed by atoms with Gasteiger partial charge in [0, 0.05) is 24.3 Å². The zero-order valence-corrected chi connectivity index (χ0v) is 19.8. The average molecular weight is 491 g/mol. The summed E-state index contributed by atoms with van der Waals surface area (Å²) in [6.07, 6.45) is 3.44. The molecule has 3 aliphatic heterocycles. The van der Waals surface area contributed by atoms with Crippen LogP contribution in [0.25, 0.3) is 0 Å². The molecule has 3 heterocycles. The second-order valence-electron chi connectivity index (χ2n) is 9.09. The van der Waals surface area contributed by atoms with Crippen LogP contribution in [0.15, 0.2) is 60.7 Å². The second kappa shape index (κ2) is 9.58. The zero-order chi connectivity index (χ0) is 25.3. The number of amides is 1. The van der Waals surface area contributed by atoms with Crippen LogP contribution in [0.3, 0.4) is 0 Å². The molecule has 1 spiro atoms. The summed E-state index contributed by atoms with van der Waals surface area (Å²) in [4.78, 5) is 54.2. The smallest absolute Gasteiger partial charge is 0.375 e. The number of likely N-dealkylation sites (tertiary alicyclic amines) is 1. The Labute approximate surface area is 208 Å². The molecule has 9 nitrogen and oxygen atoms in total. The molecular formula is C27H26N2O7. The van der Waals surface area contributed by atoms with Crippen LogP contribution in [0.5, 0.6) is 5.75 Å². The molecule has 1 fully saturated rings. The van der Waals surface area contributed by atoms with Gasteiger partial charge in [-0.1, -0.05) is 24.3 Å². The van der Waals surface area contributed by atoms with E-state index in [-0.39, 0.29) is 24.2 Å². The summed E-state index contributed by atoms with van der Waals surface area (Å²) in [5.74, 6) is -3.09. The molecule has 0 aromatic heterocycles. The van der Waals surface area contributed by atoms with Crippen molar-refractivity contribution in [1.82, 2.24) is 9.80 Å². The number of piperidine rings is 1. The Morgan fingerprint density at radius 3 is 2.39 bits per heavy atom. The normalized spacial score (nSPS) is 19.6. The molecule has 2 aromatic carbocycles. The van der Waals surface area contributed by atoms with Crippen LogP contribution in [0.2, 0.25) is 0 Å². The molecule has 1 amide bonds. The van der Waals surface area contributed by atoms with Gasteiger partial charge in [0.05, 0.1) is 24.8 Å². The maximum Gasteiger partial charge on any atom is 0.375 e. The van der Waals surface area contributed by atoms with Crippen molar-refractivity contribution in [3.05, 3.63) is 77.4 Å². The molecule has 0 bridgehead atoms. The Kier molecular flexibility index (Phi) is 6.32. The number of rotatable bonds is 6. The average Bonchev–Trinajstić information content (AvgIpc) is 3.00. The lowest BCUT2D eigenvalue weighted by atomic mass is 9.95. The van der Waals surface area contributed by atoms with E-state index in [1.54, 1.807) is 55.6 Å². The van der Waals surface area contributed by atoms with Crippen molar-refractivity contribution >= 4 is 23.6 Å². The minimum atomic E-state index is -1.93. The number of hydrogen-bond donors (Lipinski definition) is 0. The molecule has 0 N–H and O–H groups in total. The minimum Gasteiger partial charge on any atom is -0.497 e. The van der Waals surface area contributed by atoms with E-state index < -0.39 is 17.8 Å².